The van der Waals surface area contributed by atoms with Crippen molar-refractivity contribution in [3.63, 3.8) is 0 Å². The summed E-state index contributed by atoms with van der Waals surface area (Å²) in [4.78, 5) is 0. The molecular formula is C10H20O3. The fourth-order valence-corrected chi connectivity index (χ4v) is 0.800. The number of ether oxygens (including phenoxy) is 2. The third-order valence-electron chi connectivity index (χ3n) is 1.50. The maximum atomic E-state index is 8.39. The minimum absolute atomic E-state index is 0.0757. The molecule has 0 aromatic heterocycles. The number of unbranched alkanes of at least 4 members (excludes halogenated alkanes) is 2. The Hall–Kier alpha value is -0.540. The molecule has 0 unspecified atom stereocenters. The van der Waals surface area contributed by atoms with Crippen LogP contribution in [0.25, 0.3) is 0 Å². The number of hydrogen-bond donors (Lipinski definition) is 1. The lowest BCUT2D eigenvalue weighted by molar-refractivity contribution is 0.0600. The molecule has 0 spiro atoms. The first-order valence-corrected chi connectivity index (χ1v) is 4.87. The van der Waals surface area contributed by atoms with E-state index in [0.717, 1.165) is 6.42 Å². The Balaban J connectivity index is 2.93. The van der Waals surface area contributed by atoms with Gasteiger partial charge in [0.05, 0.1) is 26.1 Å². The molecular weight excluding hydrogens is 168 g/mol. The molecule has 0 saturated carbocycles. The third kappa shape index (κ3) is 11.5. The summed E-state index contributed by atoms with van der Waals surface area (Å²) in [7, 11) is 0. The molecule has 13 heavy (non-hydrogen) atoms. The number of aliphatic hydroxyl groups is 1. The topological polar surface area (TPSA) is 38.7 Å². The zero-order valence-electron chi connectivity index (χ0n) is 8.37. The van der Waals surface area contributed by atoms with Crippen molar-refractivity contribution in [3.8, 4) is 0 Å². The average Bonchev–Trinajstić information content (AvgIpc) is 2.16. The van der Waals surface area contributed by atoms with E-state index in [1.807, 2.05) is 6.08 Å². The molecule has 0 aromatic rings. The summed E-state index contributed by atoms with van der Waals surface area (Å²) in [6, 6.07) is 0. The van der Waals surface area contributed by atoms with Crippen molar-refractivity contribution in [3.05, 3.63) is 12.3 Å². The summed E-state index contributed by atoms with van der Waals surface area (Å²) in [5.74, 6) is 0. The normalized spacial score (nSPS) is 10.9. The summed E-state index contributed by atoms with van der Waals surface area (Å²) in [6.45, 7) is 3.73. The van der Waals surface area contributed by atoms with Gasteiger partial charge in [-0.3, -0.25) is 0 Å². The molecule has 3 heteroatoms. The molecule has 0 saturated heterocycles. The Bertz CT molecular complexity index is 113. The van der Waals surface area contributed by atoms with E-state index in [9.17, 15) is 0 Å². The van der Waals surface area contributed by atoms with Crippen LogP contribution in [0.4, 0.5) is 0 Å². The number of hydrogen-bond acceptors (Lipinski definition) is 3. The smallest absolute Gasteiger partial charge is 0.111 e. The molecule has 0 rings (SSSR count). The standard InChI is InChI=1S/C10H20O3/c1-2-3-4-5-7-12-9-10-13-8-6-11/h5,7,11H,2-4,6,8-10H2,1H3. The highest BCUT2D eigenvalue weighted by molar-refractivity contribution is 4.72. The Labute approximate surface area is 80.4 Å². The lowest BCUT2D eigenvalue weighted by atomic mass is 10.2. The maximum Gasteiger partial charge on any atom is 0.111 e. The molecule has 0 fully saturated rings. The van der Waals surface area contributed by atoms with Gasteiger partial charge in [0.2, 0.25) is 0 Å². The first-order valence-electron chi connectivity index (χ1n) is 4.87. The minimum Gasteiger partial charge on any atom is -0.499 e. The molecule has 0 heterocycles. The van der Waals surface area contributed by atoms with Crippen molar-refractivity contribution >= 4 is 0 Å². The number of aliphatic hydroxyl groups excluding tert-OH is 1. The van der Waals surface area contributed by atoms with Crippen LogP contribution in [0.5, 0.6) is 0 Å². The summed E-state index contributed by atoms with van der Waals surface area (Å²) in [6.07, 6.45) is 7.24. The van der Waals surface area contributed by atoms with Crippen molar-refractivity contribution in [2.24, 2.45) is 0 Å². The van der Waals surface area contributed by atoms with Crippen LogP contribution >= 0.6 is 0 Å². The monoisotopic (exact) mass is 188 g/mol. The molecule has 0 aliphatic rings. The minimum atomic E-state index is 0.0757. The van der Waals surface area contributed by atoms with E-state index in [0.29, 0.717) is 19.8 Å². The maximum absolute atomic E-state index is 8.39. The van der Waals surface area contributed by atoms with E-state index >= 15 is 0 Å². The number of allylic oxidation sites excluding steroid dienone is 1. The first kappa shape index (κ1) is 12.5. The van der Waals surface area contributed by atoms with Crippen LogP contribution in [-0.4, -0.2) is 31.5 Å². The summed E-state index contributed by atoms with van der Waals surface area (Å²) < 4.78 is 10.1. The van der Waals surface area contributed by atoms with Gasteiger partial charge in [0.15, 0.2) is 0 Å². The van der Waals surface area contributed by atoms with Crippen LogP contribution in [0.3, 0.4) is 0 Å². The van der Waals surface area contributed by atoms with Gasteiger partial charge in [-0.25, -0.2) is 0 Å². The van der Waals surface area contributed by atoms with Gasteiger partial charge in [-0.05, 0) is 18.9 Å². The first-order chi connectivity index (χ1) is 6.41. The number of rotatable bonds is 9. The molecule has 0 amide bonds. The van der Waals surface area contributed by atoms with Crippen LogP contribution in [-0.2, 0) is 9.47 Å². The van der Waals surface area contributed by atoms with Gasteiger partial charge < -0.3 is 14.6 Å². The van der Waals surface area contributed by atoms with Gasteiger partial charge in [-0.2, -0.15) is 0 Å². The van der Waals surface area contributed by atoms with E-state index in [1.54, 1.807) is 6.26 Å². The molecule has 0 aromatic carbocycles. The average molecular weight is 188 g/mol. The van der Waals surface area contributed by atoms with Crippen LogP contribution in [0.1, 0.15) is 26.2 Å². The quantitative estimate of drug-likeness (QED) is 0.442. The largest absolute Gasteiger partial charge is 0.499 e. The van der Waals surface area contributed by atoms with Crippen molar-refractivity contribution in [1.82, 2.24) is 0 Å². The highest BCUT2D eigenvalue weighted by atomic mass is 16.5. The fraction of sp³-hybridized carbons (Fsp3) is 0.800. The van der Waals surface area contributed by atoms with Crippen molar-refractivity contribution in [1.29, 1.82) is 0 Å². The van der Waals surface area contributed by atoms with Crippen LogP contribution < -0.4 is 0 Å². The van der Waals surface area contributed by atoms with Crippen LogP contribution in [0.15, 0.2) is 12.3 Å². The predicted molar refractivity (Wildman–Crippen MR) is 52.5 cm³/mol. The Morgan fingerprint density at radius 1 is 1.23 bits per heavy atom. The molecule has 0 atom stereocenters. The molecule has 1 N–H and O–H groups in total. The molecule has 0 bridgehead atoms. The van der Waals surface area contributed by atoms with Gasteiger partial charge in [0, 0.05) is 0 Å². The molecule has 0 aliphatic heterocycles. The third-order valence-corrected chi connectivity index (χ3v) is 1.50. The second-order valence-corrected chi connectivity index (χ2v) is 2.72. The Morgan fingerprint density at radius 3 is 2.77 bits per heavy atom. The van der Waals surface area contributed by atoms with E-state index in [-0.39, 0.29) is 6.61 Å². The Kier molecular flexibility index (Phi) is 11.0. The summed E-state index contributed by atoms with van der Waals surface area (Å²) >= 11 is 0. The SMILES string of the molecule is CCCCC=COCCOCCO. The van der Waals surface area contributed by atoms with E-state index < -0.39 is 0 Å². The van der Waals surface area contributed by atoms with Crippen molar-refractivity contribution in [2.75, 3.05) is 26.4 Å². The highest BCUT2D eigenvalue weighted by Crippen LogP contribution is 1.94. The lowest BCUT2D eigenvalue weighted by Gasteiger charge is -2.01. The second kappa shape index (κ2) is 11.5. The van der Waals surface area contributed by atoms with E-state index in [4.69, 9.17) is 14.6 Å². The van der Waals surface area contributed by atoms with Crippen LogP contribution in [0, 0.1) is 0 Å². The van der Waals surface area contributed by atoms with Gasteiger partial charge in [-0.15, -0.1) is 0 Å². The summed E-state index contributed by atoms with van der Waals surface area (Å²) in [5, 5.41) is 8.39. The molecule has 0 radical (unpaired) electrons. The van der Waals surface area contributed by atoms with E-state index in [1.165, 1.54) is 12.8 Å². The lowest BCUT2D eigenvalue weighted by Crippen LogP contribution is -2.04. The van der Waals surface area contributed by atoms with Crippen molar-refractivity contribution < 1.29 is 14.6 Å². The zero-order valence-corrected chi connectivity index (χ0v) is 8.37. The van der Waals surface area contributed by atoms with Gasteiger partial charge in [0.1, 0.15) is 6.61 Å². The Morgan fingerprint density at radius 2 is 2.08 bits per heavy atom. The molecule has 0 aliphatic carbocycles. The van der Waals surface area contributed by atoms with E-state index in [2.05, 4.69) is 6.92 Å². The van der Waals surface area contributed by atoms with Gasteiger partial charge in [-0.1, -0.05) is 13.3 Å². The second-order valence-electron chi connectivity index (χ2n) is 2.72. The van der Waals surface area contributed by atoms with Gasteiger partial charge >= 0.3 is 0 Å². The predicted octanol–water partition coefficient (Wildman–Crippen LogP) is 1.72. The highest BCUT2D eigenvalue weighted by Gasteiger charge is 1.85. The van der Waals surface area contributed by atoms with Gasteiger partial charge in [0.25, 0.3) is 0 Å². The molecule has 78 valence electrons. The van der Waals surface area contributed by atoms with Crippen LogP contribution in [0.2, 0.25) is 0 Å². The zero-order chi connectivity index (χ0) is 9.78. The molecule has 3 nitrogen and oxygen atoms in total. The fourth-order valence-electron chi connectivity index (χ4n) is 0.800. The summed E-state index contributed by atoms with van der Waals surface area (Å²) in [5.41, 5.74) is 0. The van der Waals surface area contributed by atoms with Crippen molar-refractivity contribution in [2.45, 2.75) is 26.2 Å².